The van der Waals surface area contributed by atoms with Crippen LogP contribution < -0.4 is 10.6 Å². The zero-order valence-electron chi connectivity index (χ0n) is 12.9. The maximum Gasteiger partial charge on any atom is 0.333 e. The van der Waals surface area contributed by atoms with Crippen molar-refractivity contribution in [1.82, 2.24) is 10.6 Å². The van der Waals surface area contributed by atoms with Crippen molar-refractivity contribution in [2.24, 2.45) is 0 Å². The van der Waals surface area contributed by atoms with Gasteiger partial charge in [0.15, 0.2) is 0 Å². The number of carboxylic acids is 1. The summed E-state index contributed by atoms with van der Waals surface area (Å²) in [4.78, 5) is 34.0. The van der Waals surface area contributed by atoms with Crippen LogP contribution in [0.3, 0.4) is 0 Å². The maximum atomic E-state index is 11.7. The largest absolute Gasteiger partial charge is 0.480 e. The van der Waals surface area contributed by atoms with Gasteiger partial charge < -0.3 is 20.5 Å². The first-order chi connectivity index (χ1) is 10.9. The SMILES string of the molecule is C=C(C)C(=O)OCCNC(=O)NC(Cc1ccccc1)C(=O)O. The summed E-state index contributed by atoms with van der Waals surface area (Å²) in [5.74, 6) is -1.67. The van der Waals surface area contributed by atoms with Crippen LogP contribution in [-0.2, 0) is 20.7 Å². The Kier molecular flexibility index (Phi) is 7.32. The van der Waals surface area contributed by atoms with Gasteiger partial charge in [-0.3, -0.25) is 0 Å². The van der Waals surface area contributed by atoms with Crippen molar-refractivity contribution in [2.45, 2.75) is 19.4 Å². The Bertz CT molecular complexity index is 571. The number of benzene rings is 1. The molecular formula is C16H20N2O5. The van der Waals surface area contributed by atoms with E-state index in [0.717, 1.165) is 5.56 Å². The molecule has 0 aliphatic carbocycles. The number of urea groups is 1. The molecule has 1 aromatic rings. The van der Waals surface area contributed by atoms with E-state index in [-0.39, 0.29) is 25.1 Å². The lowest BCUT2D eigenvalue weighted by molar-refractivity contribution is -0.139. The lowest BCUT2D eigenvalue weighted by atomic mass is 10.1. The van der Waals surface area contributed by atoms with Gasteiger partial charge in [-0.2, -0.15) is 0 Å². The summed E-state index contributed by atoms with van der Waals surface area (Å²) in [7, 11) is 0. The number of amides is 2. The Morgan fingerprint density at radius 1 is 1.26 bits per heavy atom. The lowest BCUT2D eigenvalue weighted by Gasteiger charge is -2.15. The molecule has 7 nitrogen and oxygen atoms in total. The van der Waals surface area contributed by atoms with E-state index in [1.54, 1.807) is 24.3 Å². The molecule has 0 heterocycles. The van der Waals surface area contributed by atoms with Crippen molar-refractivity contribution in [3.8, 4) is 0 Å². The van der Waals surface area contributed by atoms with Gasteiger partial charge in [0.25, 0.3) is 0 Å². The highest BCUT2D eigenvalue weighted by Gasteiger charge is 2.20. The smallest absolute Gasteiger partial charge is 0.333 e. The molecule has 23 heavy (non-hydrogen) atoms. The lowest BCUT2D eigenvalue weighted by Crippen LogP contribution is -2.47. The third-order valence-electron chi connectivity index (χ3n) is 2.86. The molecule has 1 atom stereocenters. The molecule has 0 spiro atoms. The number of carboxylic acid groups (broad SMARTS) is 1. The highest BCUT2D eigenvalue weighted by Crippen LogP contribution is 2.03. The number of aliphatic carboxylic acids is 1. The van der Waals surface area contributed by atoms with Gasteiger partial charge in [-0.1, -0.05) is 36.9 Å². The Labute approximate surface area is 134 Å². The molecular weight excluding hydrogens is 300 g/mol. The molecule has 1 unspecified atom stereocenters. The number of ether oxygens (including phenoxy) is 1. The van der Waals surface area contributed by atoms with E-state index >= 15 is 0 Å². The fourth-order valence-corrected chi connectivity index (χ4v) is 1.69. The number of esters is 1. The van der Waals surface area contributed by atoms with Crippen LogP contribution in [0, 0.1) is 0 Å². The van der Waals surface area contributed by atoms with Crippen molar-refractivity contribution in [2.75, 3.05) is 13.2 Å². The zero-order valence-corrected chi connectivity index (χ0v) is 12.9. The number of rotatable bonds is 8. The summed E-state index contributed by atoms with van der Waals surface area (Å²) in [6.07, 6.45) is 0.175. The first-order valence-corrected chi connectivity index (χ1v) is 7.04. The van der Waals surface area contributed by atoms with Crippen LogP contribution in [0.25, 0.3) is 0 Å². The fraction of sp³-hybridized carbons (Fsp3) is 0.312. The van der Waals surface area contributed by atoms with E-state index in [2.05, 4.69) is 17.2 Å². The first kappa shape index (κ1) is 18.2. The van der Waals surface area contributed by atoms with Gasteiger partial charge in [0.2, 0.25) is 0 Å². The van der Waals surface area contributed by atoms with Crippen LogP contribution in [0.1, 0.15) is 12.5 Å². The number of nitrogens with one attached hydrogen (secondary N) is 2. The second kappa shape index (κ2) is 9.24. The highest BCUT2D eigenvalue weighted by molar-refractivity contribution is 5.87. The molecule has 0 aromatic heterocycles. The quantitative estimate of drug-likeness (QED) is 0.378. The number of carbonyl (C=O) groups excluding carboxylic acids is 2. The van der Waals surface area contributed by atoms with E-state index in [4.69, 9.17) is 9.84 Å². The van der Waals surface area contributed by atoms with Gasteiger partial charge in [-0.05, 0) is 12.5 Å². The molecule has 7 heteroatoms. The summed E-state index contributed by atoms with van der Waals surface area (Å²) < 4.78 is 4.80. The van der Waals surface area contributed by atoms with E-state index in [1.165, 1.54) is 6.92 Å². The minimum Gasteiger partial charge on any atom is -0.480 e. The molecule has 0 saturated heterocycles. The summed E-state index contributed by atoms with van der Waals surface area (Å²) in [5, 5.41) is 14.0. The van der Waals surface area contributed by atoms with Crippen LogP contribution in [-0.4, -0.2) is 42.3 Å². The topological polar surface area (TPSA) is 105 Å². The van der Waals surface area contributed by atoms with Gasteiger partial charge in [-0.15, -0.1) is 0 Å². The predicted molar refractivity (Wildman–Crippen MR) is 83.9 cm³/mol. The Morgan fingerprint density at radius 2 is 1.91 bits per heavy atom. The molecule has 0 radical (unpaired) electrons. The van der Waals surface area contributed by atoms with Crippen molar-refractivity contribution in [3.63, 3.8) is 0 Å². The van der Waals surface area contributed by atoms with E-state index < -0.39 is 24.0 Å². The number of hydrogen-bond donors (Lipinski definition) is 3. The van der Waals surface area contributed by atoms with Crippen LogP contribution in [0.4, 0.5) is 4.79 Å². The molecule has 1 rings (SSSR count). The van der Waals surface area contributed by atoms with Gasteiger partial charge in [-0.25, -0.2) is 14.4 Å². The third kappa shape index (κ3) is 7.12. The summed E-state index contributed by atoms with van der Waals surface area (Å²) in [6.45, 7) is 5.00. The standard InChI is InChI=1S/C16H20N2O5/c1-11(2)15(21)23-9-8-17-16(22)18-13(14(19)20)10-12-6-4-3-5-7-12/h3-7,13H,1,8-10H2,2H3,(H,19,20)(H2,17,18,22). The molecule has 124 valence electrons. The first-order valence-electron chi connectivity index (χ1n) is 7.04. The van der Waals surface area contributed by atoms with E-state index in [9.17, 15) is 14.4 Å². The summed E-state index contributed by atoms with van der Waals surface area (Å²) in [6, 6.07) is 7.30. The molecule has 0 aliphatic heterocycles. The normalized spacial score (nSPS) is 11.2. The van der Waals surface area contributed by atoms with Gasteiger partial charge in [0.05, 0.1) is 6.54 Å². The van der Waals surface area contributed by atoms with Crippen molar-refractivity contribution >= 4 is 18.0 Å². The molecule has 0 fully saturated rings. The van der Waals surface area contributed by atoms with Crippen molar-refractivity contribution in [3.05, 3.63) is 48.0 Å². The Balaban J connectivity index is 2.38. The van der Waals surface area contributed by atoms with Gasteiger partial charge in [0, 0.05) is 12.0 Å². The molecule has 0 aliphatic rings. The molecule has 0 bridgehead atoms. The minimum absolute atomic E-state index is 0.0183. The number of carbonyl (C=O) groups is 3. The predicted octanol–water partition coefficient (Wildman–Crippen LogP) is 1.10. The van der Waals surface area contributed by atoms with Crippen LogP contribution in [0.15, 0.2) is 42.5 Å². The van der Waals surface area contributed by atoms with Crippen molar-refractivity contribution in [1.29, 1.82) is 0 Å². The zero-order chi connectivity index (χ0) is 17.2. The number of hydrogen-bond acceptors (Lipinski definition) is 4. The van der Waals surface area contributed by atoms with E-state index in [0.29, 0.717) is 0 Å². The average Bonchev–Trinajstić information content (AvgIpc) is 2.51. The molecule has 0 saturated carbocycles. The highest BCUT2D eigenvalue weighted by atomic mass is 16.5. The monoisotopic (exact) mass is 320 g/mol. The van der Waals surface area contributed by atoms with Crippen molar-refractivity contribution < 1.29 is 24.2 Å². The van der Waals surface area contributed by atoms with E-state index in [1.807, 2.05) is 6.07 Å². The summed E-state index contributed by atoms with van der Waals surface area (Å²) >= 11 is 0. The van der Waals surface area contributed by atoms with Crippen LogP contribution in [0.5, 0.6) is 0 Å². The average molecular weight is 320 g/mol. The van der Waals surface area contributed by atoms with Gasteiger partial charge >= 0.3 is 18.0 Å². The molecule has 1 aromatic carbocycles. The Hall–Kier alpha value is -2.83. The van der Waals surface area contributed by atoms with Crippen LogP contribution >= 0.6 is 0 Å². The minimum atomic E-state index is -1.13. The van der Waals surface area contributed by atoms with Crippen LogP contribution in [0.2, 0.25) is 0 Å². The Morgan fingerprint density at radius 3 is 2.48 bits per heavy atom. The van der Waals surface area contributed by atoms with Gasteiger partial charge in [0.1, 0.15) is 12.6 Å². The maximum absolute atomic E-state index is 11.7. The molecule has 2 amide bonds. The third-order valence-corrected chi connectivity index (χ3v) is 2.86. The second-order valence-electron chi connectivity index (χ2n) is 4.90. The fourth-order valence-electron chi connectivity index (χ4n) is 1.69. The second-order valence-corrected chi connectivity index (χ2v) is 4.90. The summed E-state index contributed by atoms with van der Waals surface area (Å²) in [5.41, 5.74) is 1.07. The molecule has 3 N–H and O–H groups in total.